The first-order chi connectivity index (χ1) is 16.5. The van der Waals surface area contributed by atoms with Crippen LogP contribution < -0.4 is 0 Å². The highest BCUT2D eigenvalue weighted by molar-refractivity contribution is 5.75. The van der Waals surface area contributed by atoms with Crippen molar-refractivity contribution in [3.63, 3.8) is 0 Å². The molecule has 0 aromatic rings. The van der Waals surface area contributed by atoms with Gasteiger partial charge < -0.3 is 40.1 Å². The molecule has 1 spiro atoms. The van der Waals surface area contributed by atoms with Gasteiger partial charge in [0.05, 0.1) is 18.1 Å². The fourth-order valence-corrected chi connectivity index (χ4v) is 9.50. The zero-order valence-electron chi connectivity index (χ0n) is 20.8. The standard InChI is InChI=1S/C26H42O9/c1-24(23(32)33)7-6-18(35-22-21(31)20(30)19(29)15(12-28)34-22)25(2)16(24)5-8-26-9-13(3-4-17(25)26)14(10-26)11-27/h13-22,27-31H,3-12H2,1-2H3,(H,32,33). The van der Waals surface area contributed by atoms with Gasteiger partial charge in [-0.25, -0.2) is 0 Å². The number of carboxylic acids is 1. The first-order valence-corrected chi connectivity index (χ1v) is 13.3. The molecule has 0 radical (unpaired) electrons. The van der Waals surface area contributed by atoms with E-state index in [1.807, 2.05) is 6.92 Å². The Hall–Kier alpha value is -0.810. The molecule has 0 amide bonds. The molecule has 6 N–H and O–H groups in total. The Bertz CT molecular complexity index is 821. The second kappa shape index (κ2) is 8.89. The molecule has 0 aromatic carbocycles. The Balaban J connectivity index is 1.50. The molecule has 13 unspecified atom stereocenters. The van der Waals surface area contributed by atoms with E-state index >= 15 is 0 Å². The number of carboxylic acid groups (broad SMARTS) is 1. The monoisotopic (exact) mass is 498 g/mol. The summed E-state index contributed by atoms with van der Waals surface area (Å²) in [5, 5.41) is 61.1. The molecule has 1 saturated heterocycles. The van der Waals surface area contributed by atoms with Crippen LogP contribution in [0.4, 0.5) is 0 Å². The predicted molar refractivity (Wildman–Crippen MR) is 123 cm³/mol. The quantitative estimate of drug-likeness (QED) is 0.324. The number of ether oxygens (including phenoxy) is 2. The molecule has 1 heterocycles. The summed E-state index contributed by atoms with van der Waals surface area (Å²) in [4.78, 5) is 12.6. The highest BCUT2D eigenvalue weighted by Gasteiger charge is 2.69. The summed E-state index contributed by atoms with van der Waals surface area (Å²) in [6, 6.07) is 0. The zero-order valence-corrected chi connectivity index (χ0v) is 20.8. The van der Waals surface area contributed by atoms with Crippen molar-refractivity contribution in [1.82, 2.24) is 0 Å². The molecule has 1 aliphatic heterocycles. The molecule has 5 fully saturated rings. The summed E-state index contributed by atoms with van der Waals surface area (Å²) >= 11 is 0. The van der Waals surface area contributed by atoms with Gasteiger partial charge in [-0.05, 0) is 87.4 Å². The lowest BCUT2D eigenvalue weighted by Gasteiger charge is -2.65. The highest BCUT2D eigenvalue weighted by Crippen LogP contribution is 2.72. The van der Waals surface area contributed by atoms with Crippen LogP contribution in [0.5, 0.6) is 0 Å². The van der Waals surface area contributed by atoms with Gasteiger partial charge in [-0.2, -0.15) is 0 Å². The minimum absolute atomic E-state index is 0.0509. The van der Waals surface area contributed by atoms with E-state index in [1.54, 1.807) is 0 Å². The van der Waals surface area contributed by atoms with Gasteiger partial charge in [0, 0.05) is 12.0 Å². The van der Waals surface area contributed by atoms with Crippen LogP contribution in [0.15, 0.2) is 0 Å². The molecular weight excluding hydrogens is 456 g/mol. The van der Waals surface area contributed by atoms with Crippen molar-refractivity contribution in [2.24, 2.45) is 39.9 Å². The van der Waals surface area contributed by atoms with E-state index in [4.69, 9.17) is 9.47 Å². The van der Waals surface area contributed by atoms with E-state index in [0.717, 1.165) is 38.5 Å². The van der Waals surface area contributed by atoms with Gasteiger partial charge in [0.25, 0.3) is 0 Å². The van der Waals surface area contributed by atoms with E-state index in [-0.39, 0.29) is 23.9 Å². The molecule has 35 heavy (non-hydrogen) atoms. The SMILES string of the molecule is CC1(C(=O)O)CCC(OC2OC(CO)C(O)C(O)C2O)C2(C)C3CCC4CC3(CCC12)CC4CO. The van der Waals surface area contributed by atoms with Crippen molar-refractivity contribution >= 4 is 5.97 Å². The average molecular weight is 499 g/mol. The molecule has 4 aliphatic carbocycles. The van der Waals surface area contributed by atoms with Crippen LogP contribution >= 0.6 is 0 Å². The Morgan fingerprint density at radius 1 is 0.914 bits per heavy atom. The third-order valence-electron chi connectivity index (χ3n) is 11.3. The largest absolute Gasteiger partial charge is 0.481 e. The van der Waals surface area contributed by atoms with Crippen molar-refractivity contribution in [2.75, 3.05) is 13.2 Å². The number of aliphatic hydroxyl groups excluding tert-OH is 5. The zero-order chi connectivity index (χ0) is 25.3. The van der Waals surface area contributed by atoms with Gasteiger partial charge in [0.1, 0.15) is 24.4 Å². The topological polar surface area (TPSA) is 157 Å². The summed E-state index contributed by atoms with van der Waals surface area (Å²) in [6.45, 7) is 3.68. The third kappa shape index (κ3) is 3.64. The van der Waals surface area contributed by atoms with Gasteiger partial charge in [0.15, 0.2) is 6.29 Å². The van der Waals surface area contributed by atoms with Crippen LogP contribution in [0, 0.1) is 39.9 Å². The molecule has 0 aromatic heterocycles. The van der Waals surface area contributed by atoms with Crippen LogP contribution in [0.3, 0.4) is 0 Å². The summed E-state index contributed by atoms with van der Waals surface area (Å²) in [6.07, 6.45) is -0.527. The first kappa shape index (κ1) is 25.8. The molecule has 5 rings (SSSR count). The van der Waals surface area contributed by atoms with Gasteiger partial charge in [0.2, 0.25) is 0 Å². The van der Waals surface area contributed by atoms with E-state index in [1.165, 1.54) is 0 Å². The maximum Gasteiger partial charge on any atom is 0.309 e. The van der Waals surface area contributed by atoms with Crippen molar-refractivity contribution in [1.29, 1.82) is 0 Å². The number of aliphatic carboxylic acids is 1. The van der Waals surface area contributed by atoms with Gasteiger partial charge in [-0.1, -0.05) is 6.92 Å². The lowest BCUT2D eigenvalue weighted by molar-refractivity contribution is -0.336. The maximum absolute atomic E-state index is 12.6. The summed E-state index contributed by atoms with van der Waals surface area (Å²) in [5.41, 5.74) is -1.34. The summed E-state index contributed by atoms with van der Waals surface area (Å²) in [7, 11) is 0. The van der Waals surface area contributed by atoms with Crippen LogP contribution in [-0.2, 0) is 14.3 Å². The highest BCUT2D eigenvalue weighted by atomic mass is 16.7. The Morgan fingerprint density at radius 2 is 1.66 bits per heavy atom. The molecular formula is C26H42O9. The third-order valence-corrected chi connectivity index (χ3v) is 11.3. The fourth-order valence-electron chi connectivity index (χ4n) is 9.50. The predicted octanol–water partition coefficient (Wildman–Crippen LogP) is 0.887. The minimum Gasteiger partial charge on any atom is -0.481 e. The fraction of sp³-hybridized carbons (Fsp3) is 0.962. The van der Waals surface area contributed by atoms with Crippen molar-refractivity contribution in [3.05, 3.63) is 0 Å². The molecule has 13 atom stereocenters. The lowest BCUT2D eigenvalue weighted by atomic mass is 9.40. The molecule has 2 bridgehead atoms. The lowest BCUT2D eigenvalue weighted by Crippen LogP contribution is -2.66. The van der Waals surface area contributed by atoms with Crippen LogP contribution in [-0.4, -0.2) is 86.6 Å². The minimum atomic E-state index is -1.52. The Kier molecular flexibility index (Phi) is 6.56. The van der Waals surface area contributed by atoms with Crippen molar-refractivity contribution in [3.8, 4) is 0 Å². The van der Waals surface area contributed by atoms with Crippen LogP contribution in [0.25, 0.3) is 0 Å². The summed E-state index contributed by atoms with van der Waals surface area (Å²) < 4.78 is 12.2. The number of aliphatic hydroxyl groups is 5. The van der Waals surface area contributed by atoms with E-state index < -0.39 is 60.2 Å². The number of carbonyl (C=O) groups is 1. The molecule has 9 nitrogen and oxygen atoms in total. The maximum atomic E-state index is 12.6. The second-order valence-corrected chi connectivity index (χ2v) is 12.6. The number of hydrogen-bond acceptors (Lipinski definition) is 8. The van der Waals surface area contributed by atoms with E-state index in [9.17, 15) is 35.4 Å². The molecule has 200 valence electrons. The van der Waals surface area contributed by atoms with E-state index in [2.05, 4.69) is 6.92 Å². The van der Waals surface area contributed by atoms with Crippen molar-refractivity contribution < 1.29 is 44.9 Å². The average Bonchev–Trinajstić information content (AvgIpc) is 3.10. The van der Waals surface area contributed by atoms with Crippen LogP contribution in [0.1, 0.15) is 65.2 Å². The number of fused-ring (bicyclic) bond motifs is 3. The summed E-state index contributed by atoms with van der Waals surface area (Å²) in [5.74, 6) is 0.103. The van der Waals surface area contributed by atoms with Gasteiger partial charge in [-0.3, -0.25) is 4.79 Å². The van der Waals surface area contributed by atoms with Gasteiger partial charge >= 0.3 is 5.97 Å². The molecule has 5 aliphatic rings. The van der Waals surface area contributed by atoms with Crippen LogP contribution in [0.2, 0.25) is 0 Å². The normalized spacial score (nSPS) is 55.7. The number of hydrogen-bond donors (Lipinski definition) is 6. The van der Waals surface area contributed by atoms with Gasteiger partial charge in [-0.15, -0.1) is 0 Å². The Labute approximate surface area is 206 Å². The van der Waals surface area contributed by atoms with E-state index in [0.29, 0.717) is 24.7 Å². The second-order valence-electron chi connectivity index (χ2n) is 12.6. The first-order valence-electron chi connectivity index (χ1n) is 13.3. The Morgan fingerprint density at radius 3 is 2.31 bits per heavy atom. The number of rotatable bonds is 5. The van der Waals surface area contributed by atoms with Crippen molar-refractivity contribution in [2.45, 2.75) is 102 Å². The molecule has 4 saturated carbocycles. The molecule has 9 heteroatoms. The smallest absolute Gasteiger partial charge is 0.309 e.